The summed E-state index contributed by atoms with van der Waals surface area (Å²) in [5, 5.41) is 8.88. The predicted molar refractivity (Wildman–Crippen MR) is 55.7 cm³/mol. The van der Waals surface area contributed by atoms with Crippen molar-refractivity contribution in [1.82, 2.24) is 0 Å². The van der Waals surface area contributed by atoms with Gasteiger partial charge in [-0.15, -0.1) is 0 Å². The van der Waals surface area contributed by atoms with Gasteiger partial charge in [0.25, 0.3) is 0 Å². The summed E-state index contributed by atoms with van der Waals surface area (Å²) in [7, 11) is 0. The molecule has 1 atom stereocenters. The van der Waals surface area contributed by atoms with Gasteiger partial charge in [0.15, 0.2) is 11.6 Å². The molecule has 0 aliphatic carbocycles. The zero-order chi connectivity index (χ0) is 11.3. The van der Waals surface area contributed by atoms with E-state index in [0.717, 1.165) is 24.5 Å². The molecule has 0 bridgehead atoms. The van der Waals surface area contributed by atoms with Crippen LogP contribution >= 0.6 is 0 Å². The molecule has 0 fully saturated rings. The third-order valence-corrected chi connectivity index (χ3v) is 2.53. The van der Waals surface area contributed by atoms with Crippen LogP contribution in [0.3, 0.4) is 0 Å². The quantitative estimate of drug-likeness (QED) is 0.797. The van der Waals surface area contributed by atoms with Crippen molar-refractivity contribution in [2.75, 3.05) is 6.61 Å². The molecule has 0 aromatic heterocycles. The van der Waals surface area contributed by atoms with Crippen molar-refractivity contribution in [2.45, 2.75) is 32.1 Å². The highest BCUT2D eigenvalue weighted by atomic mass is 19.2. The van der Waals surface area contributed by atoms with Gasteiger partial charge >= 0.3 is 0 Å². The van der Waals surface area contributed by atoms with Crippen molar-refractivity contribution in [2.24, 2.45) is 0 Å². The Labute approximate surface area is 88.7 Å². The molecule has 1 aromatic rings. The summed E-state index contributed by atoms with van der Waals surface area (Å²) < 4.78 is 25.7. The monoisotopic (exact) mass is 214 g/mol. The van der Waals surface area contributed by atoms with E-state index in [1.165, 1.54) is 6.07 Å². The highest BCUT2D eigenvalue weighted by molar-refractivity contribution is 5.21. The Morgan fingerprint density at radius 3 is 2.47 bits per heavy atom. The second kappa shape index (κ2) is 5.81. The van der Waals surface area contributed by atoms with Crippen LogP contribution < -0.4 is 0 Å². The molecule has 1 aromatic carbocycles. The SMILES string of the molecule is CCCC(CCO)c1ccc(F)c(F)c1. The van der Waals surface area contributed by atoms with Gasteiger partial charge in [-0.25, -0.2) is 8.78 Å². The smallest absolute Gasteiger partial charge is 0.159 e. The van der Waals surface area contributed by atoms with Crippen LogP contribution in [0.25, 0.3) is 0 Å². The lowest BCUT2D eigenvalue weighted by Crippen LogP contribution is -2.02. The first kappa shape index (κ1) is 12.1. The van der Waals surface area contributed by atoms with E-state index in [2.05, 4.69) is 0 Å². The second-order valence-electron chi connectivity index (χ2n) is 3.67. The summed E-state index contributed by atoms with van der Waals surface area (Å²) >= 11 is 0. The second-order valence-corrected chi connectivity index (χ2v) is 3.67. The van der Waals surface area contributed by atoms with Crippen LogP contribution in [0.5, 0.6) is 0 Å². The molecule has 15 heavy (non-hydrogen) atoms. The van der Waals surface area contributed by atoms with Gasteiger partial charge in [0, 0.05) is 6.61 Å². The summed E-state index contributed by atoms with van der Waals surface area (Å²) in [5.41, 5.74) is 0.768. The van der Waals surface area contributed by atoms with E-state index in [9.17, 15) is 8.78 Å². The van der Waals surface area contributed by atoms with E-state index < -0.39 is 11.6 Å². The molecule has 0 aliphatic rings. The van der Waals surface area contributed by atoms with Crippen LogP contribution in [0.1, 0.15) is 37.7 Å². The molecule has 1 unspecified atom stereocenters. The Balaban J connectivity index is 2.85. The normalized spacial score (nSPS) is 12.8. The van der Waals surface area contributed by atoms with E-state index in [1.807, 2.05) is 6.92 Å². The Morgan fingerprint density at radius 2 is 1.93 bits per heavy atom. The van der Waals surface area contributed by atoms with Crippen molar-refractivity contribution in [3.05, 3.63) is 35.4 Å². The van der Waals surface area contributed by atoms with Crippen LogP contribution in [0, 0.1) is 11.6 Å². The molecule has 0 amide bonds. The van der Waals surface area contributed by atoms with Gasteiger partial charge in [0.2, 0.25) is 0 Å². The zero-order valence-electron chi connectivity index (χ0n) is 8.84. The first-order valence-electron chi connectivity index (χ1n) is 5.24. The third kappa shape index (κ3) is 3.27. The summed E-state index contributed by atoms with van der Waals surface area (Å²) in [4.78, 5) is 0. The van der Waals surface area contributed by atoms with Gasteiger partial charge in [-0.05, 0) is 36.5 Å². The average molecular weight is 214 g/mol. The van der Waals surface area contributed by atoms with Gasteiger partial charge in [0.1, 0.15) is 0 Å². The van der Waals surface area contributed by atoms with E-state index >= 15 is 0 Å². The van der Waals surface area contributed by atoms with Crippen LogP contribution in [0.2, 0.25) is 0 Å². The highest BCUT2D eigenvalue weighted by Crippen LogP contribution is 2.25. The van der Waals surface area contributed by atoms with Crippen LogP contribution in [0.15, 0.2) is 18.2 Å². The fourth-order valence-electron chi connectivity index (χ4n) is 1.75. The molecule has 3 heteroatoms. The molecule has 0 spiro atoms. The van der Waals surface area contributed by atoms with Gasteiger partial charge < -0.3 is 5.11 Å². The molecular formula is C12H16F2O. The van der Waals surface area contributed by atoms with Gasteiger partial charge in [-0.2, -0.15) is 0 Å². The van der Waals surface area contributed by atoms with Crippen LogP contribution in [0.4, 0.5) is 8.78 Å². The molecule has 0 heterocycles. The maximum absolute atomic E-state index is 13.0. The molecule has 1 N–H and O–H groups in total. The standard InChI is InChI=1S/C12H16F2O/c1-2-3-9(6-7-15)10-4-5-11(13)12(14)8-10/h4-5,8-9,15H,2-3,6-7H2,1H3. The largest absolute Gasteiger partial charge is 0.396 e. The molecule has 84 valence electrons. The fraction of sp³-hybridized carbons (Fsp3) is 0.500. The molecule has 0 saturated carbocycles. The molecule has 0 aliphatic heterocycles. The van der Waals surface area contributed by atoms with Gasteiger partial charge in [0.05, 0.1) is 0 Å². The lowest BCUT2D eigenvalue weighted by molar-refractivity contribution is 0.272. The third-order valence-electron chi connectivity index (χ3n) is 2.53. The number of hydrogen-bond donors (Lipinski definition) is 1. The number of halogens is 2. The highest BCUT2D eigenvalue weighted by Gasteiger charge is 2.12. The number of aliphatic hydroxyl groups is 1. The number of aliphatic hydroxyl groups excluding tert-OH is 1. The predicted octanol–water partition coefficient (Wildman–Crippen LogP) is 3.23. The van der Waals surface area contributed by atoms with Crippen molar-refractivity contribution in [1.29, 1.82) is 0 Å². The van der Waals surface area contributed by atoms with E-state index in [0.29, 0.717) is 6.42 Å². The first-order chi connectivity index (χ1) is 7.19. The van der Waals surface area contributed by atoms with Crippen LogP contribution in [-0.4, -0.2) is 11.7 Å². The number of hydrogen-bond acceptors (Lipinski definition) is 1. The fourth-order valence-corrected chi connectivity index (χ4v) is 1.75. The van der Waals surface area contributed by atoms with Crippen molar-refractivity contribution in [3.8, 4) is 0 Å². The molecule has 0 saturated heterocycles. The number of rotatable bonds is 5. The topological polar surface area (TPSA) is 20.2 Å². The Kier molecular flexibility index (Phi) is 4.69. The average Bonchev–Trinajstić information content (AvgIpc) is 2.22. The summed E-state index contributed by atoms with van der Waals surface area (Å²) in [5.74, 6) is -1.51. The Hall–Kier alpha value is -0.960. The Bertz CT molecular complexity index is 306. The van der Waals surface area contributed by atoms with E-state index in [1.54, 1.807) is 6.07 Å². The lowest BCUT2D eigenvalue weighted by atomic mass is 9.92. The summed E-state index contributed by atoms with van der Waals surface area (Å²) in [6, 6.07) is 3.96. The van der Waals surface area contributed by atoms with Crippen molar-refractivity contribution < 1.29 is 13.9 Å². The van der Waals surface area contributed by atoms with Crippen LogP contribution in [-0.2, 0) is 0 Å². The zero-order valence-corrected chi connectivity index (χ0v) is 8.84. The van der Waals surface area contributed by atoms with Gasteiger partial charge in [-0.3, -0.25) is 0 Å². The summed E-state index contributed by atoms with van der Waals surface area (Å²) in [6.07, 6.45) is 2.44. The maximum Gasteiger partial charge on any atom is 0.159 e. The summed E-state index contributed by atoms with van der Waals surface area (Å²) in [6.45, 7) is 2.11. The van der Waals surface area contributed by atoms with E-state index in [-0.39, 0.29) is 12.5 Å². The minimum absolute atomic E-state index is 0.0731. The minimum Gasteiger partial charge on any atom is -0.396 e. The molecular weight excluding hydrogens is 198 g/mol. The molecule has 1 rings (SSSR count). The molecule has 0 radical (unpaired) electrons. The Morgan fingerprint density at radius 1 is 1.20 bits per heavy atom. The molecule has 1 nitrogen and oxygen atoms in total. The van der Waals surface area contributed by atoms with E-state index in [4.69, 9.17) is 5.11 Å². The lowest BCUT2D eigenvalue weighted by Gasteiger charge is -2.15. The first-order valence-corrected chi connectivity index (χ1v) is 5.24. The van der Waals surface area contributed by atoms with Crippen molar-refractivity contribution >= 4 is 0 Å². The van der Waals surface area contributed by atoms with Crippen molar-refractivity contribution in [3.63, 3.8) is 0 Å². The van der Waals surface area contributed by atoms with Gasteiger partial charge in [-0.1, -0.05) is 19.4 Å². The minimum atomic E-state index is -0.821. The number of benzene rings is 1. The maximum atomic E-state index is 13.0.